The van der Waals surface area contributed by atoms with Crippen LogP contribution in [0.4, 0.5) is 0 Å². The van der Waals surface area contributed by atoms with E-state index in [1.807, 2.05) is 13.0 Å². The topological polar surface area (TPSA) is 88.2 Å². The lowest BCUT2D eigenvalue weighted by Gasteiger charge is -2.11. The minimum Gasteiger partial charge on any atom is -0.349 e. The summed E-state index contributed by atoms with van der Waals surface area (Å²) in [6, 6.07) is 8.13. The molecule has 0 aliphatic rings. The number of carbonyl (C=O) groups excluding carboxylic acids is 1. The molecule has 2 N–H and O–H groups in total. The van der Waals surface area contributed by atoms with Crippen LogP contribution in [-0.2, 0) is 10.0 Å². The molecule has 25 heavy (non-hydrogen) atoms. The Morgan fingerprint density at radius 2 is 1.84 bits per heavy atom. The number of halogens is 2. The first kappa shape index (κ1) is 19.7. The maximum atomic E-state index is 12.3. The van der Waals surface area contributed by atoms with Crippen LogP contribution in [0.15, 0.2) is 35.2 Å². The molecule has 0 aliphatic carbocycles. The number of sulfonamides is 1. The van der Waals surface area contributed by atoms with Crippen molar-refractivity contribution in [2.75, 3.05) is 13.1 Å². The molecule has 0 radical (unpaired) electrons. The Hall–Kier alpha value is -1.67. The molecule has 1 heterocycles. The van der Waals surface area contributed by atoms with Crippen LogP contribution in [0.5, 0.6) is 0 Å². The molecular weight excluding hydrogens is 385 g/mol. The summed E-state index contributed by atoms with van der Waals surface area (Å²) in [6.07, 6.45) is 0. The van der Waals surface area contributed by atoms with Gasteiger partial charge in [0.25, 0.3) is 5.91 Å². The number of benzene rings is 1. The Morgan fingerprint density at radius 1 is 1.12 bits per heavy atom. The van der Waals surface area contributed by atoms with E-state index in [0.717, 1.165) is 5.56 Å². The molecule has 0 spiro atoms. The summed E-state index contributed by atoms with van der Waals surface area (Å²) in [4.78, 5) is 16.1. The van der Waals surface area contributed by atoms with E-state index in [2.05, 4.69) is 15.0 Å². The number of aryl methyl sites for hydroxylation is 2. The standard InChI is InChI=1S/C16H17Cl2N3O3S/c1-10-3-4-11(2)13(9-10)25(23,24)20-8-7-19-16(22)15-12(17)5-6-14(18)21-15/h3-6,9,20H,7-8H2,1-2H3,(H,19,22). The van der Waals surface area contributed by atoms with Gasteiger partial charge in [0.05, 0.1) is 9.92 Å². The van der Waals surface area contributed by atoms with Gasteiger partial charge in [-0.05, 0) is 43.2 Å². The average Bonchev–Trinajstić information content (AvgIpc) is 2.55. The Balaban J connectivity index is 1.95. The van der Waals surface area contributed by atoms with Crippen molar-refractivity contribution in [2.45, 2.75) is 18.7 Å². The van der Waals surface area contributed by atoms with Crippen molar-refractivity contribution >= 4 is 39.1 Å². The van der Waals surface area contributed by atoms with Gasteiger partial charge in [-0.15, -0.1) is 0 Å². The Labute approximate surface area is 156 Å². The summed E-state index contributed by atoms with van der Waals surface area (Å²) in [6.45, 7) is 3.65. The smallest absolute Gasteiger partial charge is 0.271 e. The number of rotatable bonds is 6. The fourth-order valence-corrected chi connectivity index (χ4v) is 3.80. The van der Waals surface area contributed by atoms with Gasteiger partial charge in [0.2, 0.25) is 10.0 Å². The molecule has 0 fully saturated rings. The fraction of sp³-hybridized carbons (Fsp3) is 0.250. The highest BCUT2D eigenvalue weighted by atomic mass is 35.5. The molecular formula is C16H17Cl2N3O3S. The monoisotopic (exact) mass is 401 g/mol. The molecule has 6 nitrogen and oxygen atoms in total. The first-order chi connectivity index (χ1) is 11.7. The first-order valence-electron chi connectivity index (χ1n) is 7.38. The predicted molar refractivity (Wildman–Crippen MR) is 97.7 cm³/mol. The summed E-state index contributed by atoms with van der Waals surface area (Å²) in [7, 11) is -3.66. The van der Waals surface area contributed by atoms with Gasteiger partial charge in [-0.3, -0.25) is 4.79 Å². The van der Waals surface area contributed by atoms with Gasteiger partial charge in [-0.25, -0.2) is 18.1 Å². The molecule has 2 aromatic rings. The van der Waals surface area contributed by atoms with E-state index in [-0.39, 0.29) is 33.9 Å². The molecule has 2 rings (SSSR count). The summed E-state index contributed by atoms with van der Waals surface area (Å²) < 4.78 is 27.1. The van der Waals surface area contributed by atoms with Crippen LogP contribution in [0.1, 0.15) is 21.6 Å². The molecule has 1 aromatic heterocycles. The van der Waals surface area contributed by atoms with Crippen LogP contribution in [0.3, 0.4) is 0 Å². The highest BCUT2D eigenvalue weighted by Gasteiger charge is 2.17. The second-order valence-electron chi connectivity index (χ2n) is 5.39. The Bertz CT molecular complexity index is 901. The van der Waals surface area contributed by atoms with Crippen molar-refractivity contribution < 1.29 is 13.2 Å². The van der Waals surface area contributed by atoms with Crippen LogP contribution in [-0.4, -0.2) is 32.4 Å². The van der Waals surface area contributed by atoms with Crippen molar-refractivity contribution in [3.05, 3.63) is 57.3 Å². The van der Waals surface area contributed by atoms with Gasteiger partial charge in [0, 0.05) is 13.1 Å². The van der Waals surface area contributed by atoms with Crippen LogP contribution in [0.25, 0.3) is 0 Å². The van der Waals surface area contributed by atoms with Crippen LogP contribution >= 0.6 is 23.2 Å². The maximum absolute atomic E-state index is 12.3. The quantitative estimate of drug-likeness (QED) is 0.575. The lowest BCUT2D eigenvalue weighted by molar-refractivity contribution is 0.0949. The van der Waals surface area contributed by atoms with Gasteiger partial charge >= 0.3 is 0 Å². The maximum Gasteiger partial charge on any atom is 0.271 e. The van der Waals surface area contributed by atoms with Crippen molar-refractivity contribution in [1.82, 2.24) is 15.0 Å². The number of pyridine rings is 1. The molecule has 0 atom stereocenters. The van der Waals surface area contributed by atoms with E-state index in [0.29, 0.717) is 5.56 Å². The second kappa shape index (κ2) is 8.14. The number of hydrogen-bond acceptors (Lipinski definition) is 4. The third-order valence-electron chi connectivity index (χ3n) is 3.36. The van der Waals surface area contributed by atoms with E-state index >= 15 is 0 Å². The zero-order valence-electron chi connectivity index (χ0n) is 13.6. The third-order valence-corrected chi connectivity index (χ3v) is 5.48. The van der Waals surface area contributed by atoms with Gasteiger partial charge in [0.15, 0.2) is 0 Å². The molecule has 0 bridgehead atoms. The molecule has 0 aliphatic heterocycles. The molecule has 0 unspecified atom stereocenters. The van der Waals surface area contributed by atoms with Crippen LogP contribution in [0.2, 0.25) is 10.2 Å². The van der Waals surface area contributed by atoms with E-state index in [1.54, 1.807) is 19.1 Å². The summed E-state index contributed by atoms with van der Waals surface area (Å²) in [5, 5.41) is 2.85. The van der Waals surface area contributed by atoms with Gasteiger partial charge in [0.1, 0.15) is 10.8 Å². The van der Waals surface area contributed by atoms with E-state index in [1.165, 1.54) is 12.1 Å². The first-order valence-corrected chi connectivity index (χ1v) is 9.62. The molecule has 0 saturated heterocycles. The normalized spacial score (nSPS) is 11.4. The molecule has 1 amide bonds. The number of aromatic nitrogens is 1. The highest BCUT2D eigenvalue weighted by molar-refractivity contribution is 7.89. The minimum atomic E-state index is -3.66. The third kappa shape index (κ3) is 5.15. The van der Waals surface area contributed by atoms with Crippen LogP contribution < -0.4 is 10.0 Å². The Morgan fingerprint density at radius 3 is 2.56 bits per heavy atom. The zero-order valence-corrected chi connectivity index (χ0v) is 16.0. The summed E-state index contributed by atoms with van der Waals surface area (Å²) >= 11 is 11.6. The fourth-order valence-electron chi connectivity index (χ4n) is 2.10. The number of carbonyl (C=O) groups is 1. The van der Waals surface area contributed by atoms with Crippen molar-refractivity contribution in [2.24, 2.45) is 0 Å². The van der Waals surface area contributed by atoms with Crippen molar-refractivity contribution in [1.29, 1.82) is 0 Å². The van der Waals surface area contributed by atoms with E-state index in [4.69, 9.17) is 23.2 Å². The van der Waals surface area contributed by atoms with Gasteiger partial charge in [-0.1, -0.05) is 35.3 Å². The lowest BCUT2D eigenvalue weighted by atomic mass is 10.2. The number of amides is 1. The van der Waals surface area contributed by atoms with E-state index in [9.17, 15) is 13.2 Å². The zero-order chi connectivity index (χ0) is 18.6. The lowest BCUT2D eigenvalue weighted by Crippen LogP contribution is -2.35. The van der Waals surface area contributed by atoms with Crippen molar-refractivity contribution in [3.8, 4) is 0 Å². The van der Waals surface area contributed by atoms with Crippen molar-refractivity contribution in [3.63, 3.8) is 0 Å². The van der Waals surface area contributed by atoms with E-state index < -0.39 is 15.9 Å². The summed E-state index contributed by atoms with van der Waals surface area (Å²) in [5.74, 6) is -0.529. The average molecular weight is 402 g/mol. The SMILES string of the molecule is Cc1ccc(C)c(S(=O)(=O)NCCNC(=O)c2nc(Cl)ccc2Cl)c1. The number of nitrogens with one attached hydrogen (secondary N) is 2. The molecule has 0 saturated carbocycles. The Kier molecular flexibility index (Phi) is 6.40. The number of hydrogen-bond donors (Lipinski definition) is 2. The van der Waals surface area contributed by atoms with Crippen LogP contribution in [0, 0.1) is 13.8 Å². The highest BCUT2D eigenvalue weighted by Crippen LogP contribution is 2.17. The second-order valence-corrected chi connectivity index (χ2v) is 7.92. The van der Waals surface area contributed by atoms with Gasteiger partial charge in [-0.2, -0.15) is 0 Å². The van der Waals surface area contributed by atoms with Gasteiger partial charge < -0.3 is 5.32 Å². The molecule has 9 heteroatoms. The number of nitrogens with zero attached hydrogens (tertiary/aromatic N) is 1. The summed E-state index contributed by atoms with van der Waals surface area (Å²) in [5.41, 5.74) is 1.49. The molecule has 134 valence electrons. The predicted octanol–water partition coefficient (Wildman–Crippen LogP) is 2.71. The minimum absolute atomic E-state index is 0.00782. The molecule has 1 aromatic carbocycles. The largest absolute Gasteiger partial charge is 0.349 e.